The standard InChI is InChI=1S/C27H38FN7O/c1-5-7-14-29-27(36)34-16-8-15-33(17-18-34)25-23-20(4)32-35(22-12-10-21(28)11-13-22)26(23)31-24(30-25)19(3)9-6-2/h10-13,19H,5-9,14-18H2,1-4H3,(H,29,36). The molecule has 1 aromatic carbocycles. The Morgan fingerprint density at radius 1 is 1.08 bits per heavy atom. The minimum atomic E-state index is -0.285. The highest BCUT2D eigenvalue weighted by atomic mass is 19.1. The summed E-state index contributed by atoms with van der Waals surface area (Å²) < 4.78 is 15.4. The molecular formula is C27H38FN7O. The summed E-state index contributed by atoms with van der Waals surface area (Å²) >= 11 is 0. The Balaban J connectivity index is 1.70. The van der Waals surface area contributed by atoms with E-state index >= 15 is 0 Å². The summed E-state index contributed by atoms with van der Waals surface area (Å²) in [6, 6.07) is 6.33. The van der Waals surface area contributed by atoms with E-state index in [4.69, 9.17) is 15.1 Å². The van der Waals surface area contributed by atoms with Gasteiger partial charge >= 0.3 is 6.03 Å². The van der Waals surface area contributed by atoms with E-state index in [0.717, 1.165) is 79.3 Å². The number of benzene rings is 1. The smallest absolute Gasteiger partial charge is 0.317 e. The summed E-state index contributed by atoms with van der Waals surface area (Å²) in [6.45, 7) is 12.0. The molecule has 9 heteroatoms. The quantitative estimate of drug-likeness (QED) is 0.435. The third kappa shape index (κ3) is 5.60. The van der Waals surface area contributed by atoms with E-state index in [9.17, 15) is 9.18 Å². The molecule has 2 amide bonds. The topological polar surface area (TPSA) is 79.2 Å². The number of unbranched alkanes of at least 4 members (excludes halogenated alkanes) is 1. The fourth-order valence-electron chi connectivity index (χ4n) is 4.77. The molecule has 1 saturated heterocycles. The molecule has 3 heterocycles. The fourth-order valence-corrected chi connectivity index (χ4v) is 4.77. The van der Waals surface area contributed by atoms with Crippen LogP contribution in [0.2, 0.25) is 0 Å². The van der Waals surface area contributed by atoms with Crippen LogP contribution in [0.4, 0.5) is 15.0 Å². The first kappa shape index (κ1) is 25.9. The van der Waals surface area contributed by atoms with Crippen LogP contribution in [0.1, 0.15) is 70.3 Å². The van der Waals surface area contributed by atoms with Crippen molar-refractivity contribution in [3.63, 3.8) is 0 Å². The van der Waals surface area contributed by atoms with Gasteiger partial charge in [0.2, 0.25) is 0 Å². The van der Waals surface area contributed by atoms with Crippen LogP contribution in [0, 0.1) is 12.7 Å². The molecule has 0 radical (unpaired) electrons. The molecule has 36 heavy (non-hydrogen) atoms. The lowest BCUT2D eigenvalue weighted by Gasteiger charge is -2.24. The van der Waals surface area contributed by atoms with Crippen molar-refractivity contribution >= 4 is 22.9 Å². The highest BCUT2D eigenvalue weighted by Gasteiger charge is 2.26. The Kier molecular flexibility index (Phi) is 8.38. The first-order valence-electron chi connectivity index (χ1n) is 13.2. The number of aryl methyl sites for hydroxylation is 1. The molecule has 0 spiro atoms. The highest BCUT2D eigenvalue weighted by Crippen LogP contribution is 2.32. The Bertz CT molecular complexity index is 1180. The molecular weight excluding hydrogens is 457 g/mol. The van der Waals surface area contributed by atoms with Crippen LogP contribution in [0.3, 0.4) is 0 Å². The molecule has 0 aliphatic carbocycles. The summed E-state index contributed by atoms with van der Waals surface area (Å²) in [5.41, 5.74) is 2.33. The zero-order chi connectivity index (χ0) is 25.7. The number of nitrogens with one attached hydrogen (secondary N) is 1. The molecule has 1 aliphatic heterocycles. The first-order valence-corrected chi connectivity index (χ1v) is 13.2. The van der Waals surface area contributed by atoms with Crippen LogP contribution in [0.5, 0.6) is 0 Å². The van der Waals surface area contributed by atoms with Gasteiger partial charge in [-0.15, -0.1) is 0 Å². The van der Waals surface area contributed by atoms with Crippen molar-refractivity contribution in [3.05, 3.63) is 41.6 Å². The number of fused-ring (bicyclic) bond motifs is 1. The lowest BCUT2D eigenvalue weighted by atomic mass is 10.1. The molecule has 194 valence electrons. The summed E-state index contributed by atoms with van der Waals surface area (Å²) in [7, 11) is 0. The Morgan fingerprint density at radius 3 is 2.58 bits per heavy atom. The molecule has 0 saturated carbocycles. The minimum Gasteiger partial charge on any atom is -0.354 e. The summed E-state index contributed by atoms with van der Waals surface area (Å²) in [4.78, 5) is 26.9. The zero-order valence-corrected chi connectivity index (χ0v) is 21.9. The molecule has 1 unspecified atom stereocenters. The molecule has 1 fully saturated rings. The number of aromatic nitrogens is 4. The Labute approximate surface area is 212 Å². The van der Waals surface area contributed by atoms with Gasteiger partial charge in [-0.05, 0) is 50.5 Å². The molecule has 1 atom stereocenters. The average molecular weight is 496 g/mol. The van der Waals surface area contributed by atoms with E-state index in [1.165, 1.54) is 12.1 Å². The Morgan fingerprint density at radius 2 is 1.86 bits per heavy atom. The van der Waals surface area contributed by atoms with E-state index in [-0.39, 0.29) is 17.8 Å². The van der Waals surface area contributed by atoms with Crippen molar-refractivity contribution < 1.29 is 9.18 Å². The van der Waals surface area contributed by atoms with Crippen molar-refractivity contribution in [2.24, 2.45) is 0 Å². The van der Waals surface area contributed by atoms with Crippen LogP contribution in [-0.4, -0.2) is 63.4 Å². The van der Waals surface area contributed by atoms with E-state index in [2.05, 4.69) is 31.0 Å². The van der Waals surface area contributed by atoms with Crippen LogP contribution in [0.15, 0.2) is 24.3 Å². The number of nitrogens with zero attached hydrogens (tertiary/aromatic N) is 6. The lowest BCUT2D eigenvalue weighted by Crippen LogP contribution is -2.42. The van der Waals surface area contributed by atoms with E-state index in [1.807, 2.05) is 11.8 Å². The van der Waals surface area contributed by atoms with E-state index < -0.39 is 0 Å². The summed E-state index contributed by atoms with van der Waals surface area (Å²) in [5.74, 6) is 1.58. The van der Waals surface area contributed by atoms with Crippen LogP contribution < -0.4 is 10.2 Å². The molecule has 1 N–H and O–H groups in total. The van der Waals surface area contributed by atoms with Crippen molar-refractivity contribution in [2.75, 3.05) is 37.6 Å². The first-order chi connectivity index (χ1) is 17.4. The monoisotopic (exact) mass is 495 g/mol. The van der Waals surface area contributed by atoms with Gasteiger partial charge in [-0.25, -0.2) is 23.8 Å². The normalized spacial score (nSPS) is 15.2. The number of amides is 2. The second kappa shape index (κ2) is 11.7. The molecule has 3 aromatic rings. The van der Waals surface area contributed by atoms with Gasteiger partial charge < -0.3 is 15.1 Å². The average Bonchev–Trinajstić information content (AvgIpc) is 3.04. The number of carbonyl (C=O) groups is 1. The summed E-state index contributed by atoms with van der Waals surface area (Å²) in [5, 5.41) is 8.74. The largest absolute Gasteiger partial charge is 0.354 e. The maximum Gasteiger partial charge on any atom is 0.317 e. The van der Waals surface area contributed by atoms with Gasteiger partial charge in [-0.2, -0.15) is 5.10 Å². The van der Waals surface area contributed by atoms with Gasteiger partial charge in [0.15, 0.2) is 5.65 Å². The van der Waals surface area contributed by atoms with Crippen molar-refractivity contribution in [1.82, 2.24) is 30.0 Å². The molecule has 0 bridgehead atoms. The van der Waals surface area contributed by atoms with Crippen LogP contribution in [0.25, 0.3) is 16.7 Å². The van der Waals surface area contributed by atoms with Gasteiger partial charge in [0.1, 0.15) is 17.5 Å². The number of anilines is 1. The van der Waals surface area contributed by atoms with Gasteiger partial charge in [0.05, 0.1) is 16.8 Å². The predicted molar refractivity (Wildman–Crippen MR) is 141 cm³/mol. The van der Waals surface area contributed by atoms with E-state index in [0.29, 0.717) is 19.6 Å². The van der Waals surface area contributed by atoms with Gasteiger partial charge in [0, 0.05) is 38.6 Å². The number of hydrogen-bond acceptors (Lipinski definition) is 5. The third-order valence-corrected chi connectivity index (χ3v) is 6.82. The third-order valence-electron chi connectivity index (χ3n) is 6.82. The van der Waals surface area contributed by atoms with Crippen LogP contribution in [-0.2, 0) is 0 Å². The number of hydrogen-bond donors (Lipinski definition) is 1. The number of rotatable bonds is 8. The molecule has 8 nitrogen and oxygen atoms in total. The molecule has 4 rings (SSSR count). The van der Waals surface area contributed by atoms with Crippen molar-refractivity contribution in [2.45, 2.75) is 65.7 Å². The maximum absolute atomic E-state index is 13.6. The fraction of sp³-hybridized carbons (Fsp3) is 0.556. The maximum atomic E-state index is 13.6. The van der Waals surface area contributed by atoms with Gasteiger partial charge in [-0.1, -0.05) is 33.6 Å². The van der Waals surface area contributed by atoms with Crippen molar-refractivity contribution in [1.29, 1.82) is 0 Å². The van der Waals surface area contributed by atoms with Crippen molar-refractivity contribution in [3.8, 4) is 5.69 Å². The number of halogens is 1. The second-order valence-electron chi connectivity index (χ2n) is 9.68. The molecule has 2 aromatic heterocycles. The second-order valence-corrected chi connectivity index (χ2v) is 9.68. The minimum absolute atomic E-state index is 0.00991. The SMILES string of the molecule is CCCCNC(=O)N1CCCN(c2nc(C(C)CCC)nc3c2c(C)nn3-c2ccc(F)cc2)CC1. The predicted octanol–water partition coefficient (Wildman–Crippen LogP) is 5.19. The zero-order valence-electron chi connectivity index (χ0n) is 21.9. The summed E-state index contributed by atoms with van der Waals surface area (Å²) in [6.07, 6.45) is 4.93. The lowest BCUT2D eigenvalue weighted by molar-refractivity contribution is 0.201. The highest BCUT2D eigenvalue weighted by molar-refractivity contribution is 5.91. The number of urea groups is 1. The van der Waals surface area contributed by atoms with E-state index in [1.54, 1.807) is 16.8 Å². The van der Waals surface area contributed by atoms with Gasteiger partial charge in [0.25, 0.3) is 0 Å². The Hall–Kier alpha value is -3.23. The number of carbonyl (C=O) groups excluding carboxylic acids is 1. The van der Waals surface area contributed by atoms with Crippen LogP contribution >= 0.6 is 0 Å². The van der Waals surface area contributed by atoms with Gasteiger partial charge in [-0.3, -0.25) is 0 Å². The molecule has 1 aliphatic rings.